The summed E-state index contributed by atoms with van der Waals surface area (Å²) in [6.45, 7) is 7.27. The average molecular weight is 219 g/mol. The number of benzene rings is 1. The lowest BCUT2D eigenvalue weighted by atomic mass is 10.2. The Balaban J connectivity index is 2.95. The minimum Gasteiger partial charge on any atom is -0.398 e. The molecule has 0 atom stereocenters. The monoisotopic (exact) mass is 219 g/mol. The SMILES string of the molecule is CCn1c(=O)n(CC)c2cc(N)c(C)cc21. The van der Waals surface area contributed by atoms with Crippen LogP contribution in [0.5, 0.6) is 0 Å². The molecular formula is C12H17N3O. The lowest BCUT2D eigenvalue weighted by Gasteiger charge is -2.03. The number of rotatable bonds is 2. The number of nitrogen functional groups attached to an aromatic ring is 1. The van der Waals surface area contributed by atoms with Crippen molar-refractivity contribution in [2.24, 2.45) is 0 Å². The molecule has 0 radical (unpaired) electrons. The van der Waals surface area contributed by atoms with Crippen molar-refractivity contribution in [2.45, 2.75) is 33.9 Å². The van der Waals surface area contributed by atoms with E-state index in [2.05, 4.69) is 0 Å². The van der Waals surface area contributed by atoms with E-state index in [0.29, 0.717) is 13.1 Å². The molecule has 2 aromatic rings. The number of hydrogen-bond acceptors (Lipinski definition) is 2. The molecule has 0 fully saturated rings. The van der Waals surface area contributed by atoms with Gasteiger partial charge in [0, 0.05) is 18.8 Å². The van der Waals surface area contributed by atoms with Gasteiger partial charge in [0.1, 0.15) is 0 Å². The summed E-state index contributed by atoms with van der Waals surface area (Å²) >= 11 is 0. The first-order valence-electron chi connectivity index (χ1n) is 5.59. The molecule has 0 aliphatic heterocycles. The second-order valence-electron chi connectivity index (χ2n) is 3.97. The molecule has 0 saturated carbocycles. The van der Waals surface area contributed by atoms with Crippen molar-refractivity contribution in [1.82, 2.24) is 9.13 Å². The molecule has 16 heavy (non-hydrogen) atoms. The summed E-state index contributed by atoms with van der Waals surface area (Å²) in [5.74, 6) is 0. The Hall–Kier alpha value is -1.71. The third-order valence-corrected chi connectivity index (χ3v) is 3.04. The van der Waals surface area contributed by atoms with Crippen LogP contribution in [0, 0.1) is 6.92 Å². The first kappa shape index (κ1) is 10.8. The zero-order valence-corrected chi connectivity index (χ0v) is 9.95. The van der Waals surface area contributed by atoms with Crippen LogP contribution in [0.25, 0.3) is 11.0 Å². The van der Waals surface area contributed by atoms with Gasteiger partial charge >= 0.3 is 5.69 Å². The molecule has 0 unspecified atom stereocenters. The molecule has 1 heterocycles. The molecule has 86 valence electrons. The predicted molar refractivity (Wildman–Crippen MR) is 66.7 cm³/mol. The van der Waals surface area contributed by atoms with Crippen LogP contribution < -0.4 is 11.4 Å². The Kier molecular flexibility index (Phi) is 2.50. The number of aromatic nitrogens is 2. The van der Waals surface area contributed by atoms with Gasteiger partial charge in [0.05, 0.1) is 11.0 Å². The van der Waals surface area contributed by atoms with Crippen LogP contribution in [-0.2, 0) is 13.1 Å². The fourth-order valence-electron chi connectivity index (χ4n) is 2.09. The minimum absolute atomic E-state index is 0.0463. The van der Waals surface area contributed by atoms with E-state index < -0.39 is 0 Å². The van der Waals surface area contributed by atoms with Crippen LogP contribution in [0.4, 0.5) is 5.69 Å². The number of imidazole rings is 1. The van der Waals surface area contributed by atoms with Crippen LogP contribution in [-0.4, -0.2) is 9.13 Å². The van der Waals surface area contributed by atoms with Crippen LogP contribution >= 0.6 is 0 Å². The van der Waals surface area contributed by atoms with E-state index in [1.165, 1.54) is 0 Å². The maximum atomic E-state index is 12.1. The molecule has 0 aliphatic carbocycles. The molecule has 2 rings (SSSR count). The average Bonchev–Trinajstić information content (AvgIpc) is 2.50. The number of aryl methyl sites for hydroxylation is 3. The van der Waals surface area contributed by atoms with Gasteiger partial charge in [-0.3, -0.25) is 9.13 Å². The van der Waals surface area contributed by atoms with E-state index in [9.17, 15) is 4.79 Å². The lowest BCUT2D eigenvalue weighted by molar-refractivity contribution is 0.671. The van der Waals surface area contributed by atoms with E-state index in [4.69, 9.17) is 5.73 Å². The van der Waals surface area contributed by atoms with Crippen molar-refractivity contribution in [3.05, 3.63) is 28.2 Å². The molecule has 1 aromatic carbocycles. The molecule has 0 saturated heterocycles. The maximum absolute atomic E-state index is 12.1. The summed E-state index contributed by atoms with van der Waals surface area (Å²) in [5.41, 5.74) is 9.59. The van der Waals surface area contributed by atoms with Crippen LogP contribution in [0.3, 0.4) is 0 Å². The van der Waals surface area contributed by atoms with E-state index in [1.54, 1.807) is 9.13 Å². The number of anilines is 1. The molecule has 4 nitrogen and oxygen atoms in total. The molecule has 4 heteroatoms. The Labute approximate surface area is 94.3 Å². The van der Waals surface area contributed by atoms with Crippen LogP contribution in [0.1, 0.15) is 19.4 Å². The normalized spacial score (nSPS) is 11.2. The fraction of sp³-hybridized carbons (Fsp3) is 0.417. The van der Waals surface area contributed by atoms with Crippen LogP contribution in [0.2, 0.25) is 0 Å². The highest BCUT2D eigenvalue weighted by Crippen LogP contribution is 2.20. The topological polar surface area (TPSA) is 53.0 Å². The van der Waals surface area contributed by atoms with Crippen molar-refractivity contribution in [2.75, 3.05) is 5.73 Å². The standard InChI is InChI=1S/C12H17N3O/c1-4-14-10-6-8(3)9(13)7-11(10)15(5-2)12(14)16/h6-7H,4-5,13H2,1-3H3. The van der Waals surface area contributed by atoms with Gasteiger partial charge in [0.15, 0.2) is 0 Å². The van der Waals surface area contributed by atoms with Gasteiger partial charge in [-0.25, -0.2) is 4.79 Å². The Morgan fingerprint density at radius 3 is 2.12 bits per heavy atom. The Bertz CT molecular complexity index is 542. The molecule has 2 N–H and O–H groups in total. The van der Waals surface area contributed by atoms with Gasteiger partial charge in [-0.05, 0) is 38.5 Å². The van der Waals surface area contributed by atoms with Crippen molar-refractivity contribution >= 4 is 16.7 Å². The second-order valence-corrected chi connectivity index (χ2v) is 3.97. The lowest BCUT2D eigenvalue weighted by Crippen LogP contribution is -2.23. The van der Waals surface area contributed by atoms with Crippen molar-refractivity contribution < 1.29 is 0 Å². The number of nitrogens with zero attached hydrogens (tertiary/aromatic N) is 2. The highest BCUT2D eigenvalue weighted by atomic mass is 16.1. The quantitative estimate of drug-likeness (QED) is 0.782. The molecule has 0 amide bonds. The zero-order valence-electron chi connectivity index (χ0n) is 9.95. The van der Waals surface area contributed by atoms with E-state index in [1.807, 2.05) is 32.9 Å². The van der Waals surface area contributed by atoms with Crippen molar-refractivity contribution in [3.63, 3.8) is 0 Å². The van der Waals surface area contributed by atoms with E-state index >= 15 is 0 Å². The Morgan fingerprint density at radius 2 is 1.62 bits per heavy atom. The molecule has 0 aliphatic rings. The third-order valence-electron chi connectivity index (χ3n) is 3.04. The first-order valence-corrected chi connectivity index (χ1v) is 5.59. The minimum atomic E-state index is 0.0463. The fourth-order valence-corrected chi connectivity index (χ4v) is 2.09. The second kappa shape index (κ2) is 3.70. The summed E-state index contributed by atoms with van der Waals surface area (Å²) < 4.78 is 3.54. The van der Waals surface area contributed by atoms with Gasteiger partial charge in [-0.15, -0.1) is 0 Å². The zero-order chi connectivity index (χ0) is 11.9. The van der Waals surface area contributed by atoms with Crippen molar-refractivity contribution in [1.29, 1.82) is 0 Å². The highest BCUT2D eigenvalue weighted by Gasteiger charge is 2.11. The summed E-state index contributed by atoms with van der Waals surface area (Å²) in [7, 11) is 0. The van der Waals surface area contributed by atoms with Gasteiger partial charge in [-0.2, -0.15) is 0 Å². The molecule has 0 spiro atoms. The smallest absolute Gasteiger partial charge is 0.329 e. The maximum Gasteiger partial charge on any atom is 0.329 e. The number of nitrogens with two attached hydrogens (primary N) is 1. The summed E-state index contributed by atoms with van der Waals surface area (Å²) in [5, 5.41) is 0. The van der Waals surface area contributed by atoms with E-state index in [0.717, 1.165) is 22.3 Å². The van der Waals surface area contributed by atoms with Crippen LogP contribution in [0.15, 0.2) is 16.9 Å². The summed E-state index contributed by atoms with van der Waals surface area (Å²) in [4.78, 5) is 12.1. The number of hydrogen-bond donors (Lipinski definition) is 1. The van der Waals surface area contributed by atoms with Gasteiger partial charge in [0.25, 0.3) is 0 Å². The van der Waals surface area contributed by atoms with Gasteiger partial charge in [0.2, 0.25) is 0 Å². The van der Waals surface area contributed by atoms with Gasteiger partial charge in [-0.1, -0.05) is 0 Å². The van der Waals surface area contributed by atoms with Gasteiger partial charge < -0.3 is 5.73 Å². The molecular weight excluding hydrogens is 202 g/mol. The molecule has 1 aromatic heterocycles. The predicted octanol–water partition coefficient (Wildman–Crippen LogP) is 1.73. The Morgan fingerprint density at radius 1 is 1.12 bits per heavy atom. The van der Waals surface area contributed by atoms with Crippen molar-refractivity contribution in [3.8, 4) is 0 Å². The number of fused-ring (bicyclic) bond motifs is 1. The highest BCUT2D eigenvalue weighted by molar-refractivity contribution is 5.81. The van der Waals surface area contributed by atoms with E-state index in [-0.39, 0.29) is 5.69 Å². The largest absolute Gasteiger partial charge is 0.398 e. The molecule has 0 bridgehead atoms. The summed E-state index contributed by atoms with van der Waals surface area (Å²) in [6, 6.07) is 3.88. The first-order chi connectivity index (χ1) is 7.60. The third kappa shape index (κ3) is 1.33. The summed E-state index contributed by atoms with van der Waals surface area (Å²) in [6.07, 6.45) is 0.